The van der Waals surface area contributed by atoms with Gasteiger partial charge < -0.3 is 9.47 Å². The number of carbonyl (C=O) groups is 1. The molecule has 0 radical (unpaired) electrons. The molecule has 2 atom stereocenters. The highest BCUT2D eigenvalue weighted by Gasteiger charge is 2.54. The maximum atomic E-state index is 11.5. The molecule has 0 amide bonds. The minimum Gasteiger partial charge on any atom is -0.466 e. The third-order valence-corrected chi connectivity index (χ3v) is 3.56. The van der Waals surface area contributed by atoms with Crippen LogP contribution in [0.1, 0.15) is 33.6 Å². The van der Waals surface area contributed by atoms with Gasteiger partial charge in [-0.1, -0.05) is 6.08 Å². The Labute approximate surface area is 90.4 Å². The van der Waals surface area contributed by atoms with E-state index in [4.69, 9.17) is 9.47 Å². The van der Waals surface area contributed by atoms with Gasteiger partial charge in [0.05, 0.1) is 18.3 Å². The smallest absolute Gasteiger partial charge is 0.336 e. The number of fused-ring (bicyclic) bond motifs is 1. The van der Waals surface area contributed by atoms with Gasteiger partial charge in [0.25, 0.3) is 0 Å². The van der Waals surface area contributed by atoms with E-state index in [0.717, 1.165) is 12.8 Å². The Hall–Kier alpha value is -0.830. The topological polar surface area (TPSA) is 35.5 Å². The molecular weight excluding hydrogens is 192 g/mol. The van der Waals surface area contributed by atoms with Crippen molar-refractivity contribution in [1.82, 2.24) is 0 Å². The second-order valence-electron chi connectivity index (χ2n) is 5.19. The first-order valence-electron chi connectivity index (χ1n) is 5.40. The minimum atomic E-state index is -0.422. The van der Waals surface area contributed by atoms with E-state index in [0.29, 0.717) is 11.5 Å². The van der Waals surface area contributed by atoms with Gasteiger partial charge in [-0.15, -0.1) is 0 Å². The summed E-state index contributed by atoms with van der Waals surface area (Å²) in [6.07, 6.45) is 4.11. The third kappa shape index (κ3) is 1.49. The van der Waals surface area contributed by atoms with Crippen LogP contribution in [0, 0.1) is 5.92 Å². The molecule has 3 nitrogen and oxygen atoms in total. The van der Waals surface area contributed by atoms with Gasteiger partial charge in [0.1, 0.15) is 5.60 Å². The van der Waals surface area contributed by atoms with E-state index < -0.39 is 5.60 Å². The number of carbonyl (C=O) groups excluding carboxylic acids is 1. The molecule has 84 valence electrons. The van der Waals surface area contributed by atoms with E-state index in [1.165, 1.54) is 7.11 Å². The number of hydrogen-bond donors (Lipinski definition) is 0. The SMILES string of the molecule is COC(=O)C1=C[C@H]2CCC(C)(C)O[C@]12C. The molecule has 0 aromatic rings. The van der Waals surface area contributed by atoms with Gasteiger partial charge in [-0.05, 0) is 33.6 Å². The summed E-state index contributed by atoms with van der Waals surface area (Å²) in [5.74, 6) is 0.117. The summed E-state index contributed by atoms with van der Waals surface area (Å²) in [6, 6.07) is 0. The quantitative estimate of drug-likeness (QED) is 0.621. The van der Waals surface area contributed by atoms with E-state index in [1.54, 1.807) is 0 Å². The molecule has 3 heteroatoms. The Morgan fingerprint density at radius 3 is 2.80 bits per heavy atom. The molecule has 0 bridgehead atoms. The summed E-state index contributed by atoms with van der Waals surface area (Å²) >= 11 is 0. The Balaban J connectivity index is 2.23. The molecule has 0 saturated carbocycles. The van der Waals surface area contributed by atoms with E-state index in [2.05, 4.69) is 13.8 Å². The van der Waals surface area contributed by atoms with Gasteiger partial charge in [-0.25, -0.2) is 4.79 Å². The summed E-state index contributed by atoms with van der Waals surface area (Å²) in [6.45, 7) is 6.13. The second kappa shape index (κ2) is 3.08. The molecular formula is C12H18O3. The molecule has 0 N–H and O–H groups in total. The first-order valence-corrected chi connectivity index (χ1v) is 5.40. The standard InChI is InChI=1S/C12H18O3/c1-11(2)6-5-8-7-9(10(13)14-4)12(8,3)15-11/h7-8H,5-6H2,1-4H3/t8-,12+/m1/s1. The Morgan fingerprint density at radius 2 is 2.20 bits per heavy atom. The molecule has 1 aliphatic carbocycles. The predicted octanol–water partition coefficient (Wildman–Crippen LogP) is 2.06. The Kier molecular flexibility index (Phi) is 2.19. The van der Waals surface area contributed by atoms with Gasteiger partial charge in [-0.2, -0.15) is 0 Å². The fourth-order valence-corrected chi connectivity index (χ4v) is 2.63. The van der Waals surface area contributed by atoms with Crippen LogP contribution in [0.25, 0.3) is 0 Å². The fourth-order valence-electron chi connectivity index (χ4n) is 2.63. The van der Waals surface area contributed by atoms with Crippen molar-refractivity contribution in [3.05, 3.63) is 11.6 Å². The number of ether oxygens (including phenoxy) is 2. The van der Waals surface area contributed by atoms with E-state index in [9.17, 15) is 4.79 Å². The molecule has 1 aliphatic heterocycles. The predicted molar refractivity (Wildman–Crippen MR) is 56.4 cm³/mol. The highest BCUT2D eigenvalue weighted by atomic mass is 16.5. The van der Waals surface area contributed by atoms with Crippen molar-refractivity contribution in [1.29, 1.82) is 0 Å². The second-order valence-corrected chi connectivity index (χ2v) is 5.19. The molecule has 1 heterocycles. The molecule has 1 fully saturated rings. The average Bonchev–Trinajstić information content (AvgIpc) is 2.12. The van der Waals surface area contributed by atoms with Crippen molar-refractivity contribution in [3.63, 3.8) is 0 Å². The van der Waals surface area contributed by atoms with Gasteiger partial charge >= 0.3 is 5.97 Å². The summed E-state index contributed by atoms with van der Waals surface area (Å²) < 4.78 is 10.8. The van der Waals surface area contributed by atoms with Gasteiger partial charge in [0, 0.05) is 5.92 Å². The van der Waals surface area contributed by atoms with Crippen LogP contribution in [0.4, 0.5) is 0 Å². The van der Waals surface area contributed by atoms with E-state index in [-0.39, 0.29) is 11.6 Å². The van der Waals surface area contributed by atoms with Crippen molar-refractivity contribution < 1.29 is 14.3 Å². The van der Waals surface area contributed by atoms with Crippen LogP contribution in [0.5, 0.6) is 0 Å². The number of rotatable bonds is 1. The molecule has 0 spiro atoms. The number of hydrogen-bond acceptors (Lipinski definition) is 3. The zero-order chi connectivity index (χ0) is 11.3. The molecule has 0 unspecified atom stereocenters. The van der Waals surface area contributed by atoms with Crippen molar-refractivity contribution >= 4 is 5.97 Å². The first kappa shape index (κ1) is 10.7. The summed E-state index contributed by atoms with van der Waals surface area (Å²) in [5, 5.41) is 0. The van der Waals surface area contributed by atoms with Gasteiger partial charge in [-0.3, -0.25) is 0 Å². The molecule has 15 heavy (non-hydrogen) atoms. The summed E-state index contributed by atoms with van der Waals surface area (Å²) in [5.41, 5.74) is 0.121. The van der Waals surface area contributed by atoms with Crippen LogP contribution in [0.15, 0.2) is 11.6 Å². The first-order chi connectivity index (χ1) is 6.89. The van der Waals surface area contributed by atoms with E-state index in [1.807, 2.05) is 13.0 Å². The summed E-state index contributed by atoms with van der Waals surface area (Å²) in [4.78, 5) is 11.5. The lowest BCUT2D eigenvalue weighted by atomic mass is 9.66. The van der Waals surface area contributed by atoms with Crippen molar-refractivity contribution in [3.8, 4) is 0 Å². The number of esters is 1. The molecule has 2 rings (SSSR count). The van der Waals surface area contributed by atoms with Crippen LogP contribution in [-0.2, 0) is 14.3 Å². The molecule has 0 aromatic carbocycles. The maximum Gasteiger partial charge on any atom is 0.336 e. The van der Waals surface area contributed by atoms with Gasteiger partial charge in [0.15, 0.2) is 0 Å². The molecule has 2 aliphatic rings. The number of methoxy groups -OCH3 is 1. The maximum absolute atomic E-state index is 11.5. The lowest BCUT2D eigenvalue weighted by Gasteiger charge is -2.53. The average molecular weight is 210 g/mol. The zero-order valence-electron chi connectivity index (χ0n) is 9.79. The van der Waals surface area contributed by atoms with Crippen LogP contribution in [-0.4, -0.2) is 24.3 Å². The lowest BCUT2D eigenvalue weighted by Crippen LogP contribution is -2.56. The normalized spacial score (nSPS) is 37.3. The largest absolute Gasteiger partial charge is 0.466 e. The van der Waals surface area contributed by atoms with Crippen LogP contribution in [0.2, 0.25) is 0 Å². The van der Waals surface area contributed by atoms with Crippen molar-refractivity contribution in [2.45, 2.75) is 44.8 Å². The van der Waals surface area contributed by atoms with Crippen molar-refractivity contribution in [2.75, 3.05) is 7.11 Å². The van der Waals surface area contributed by atoms with Crippen LogP contribution >= 0.6 is 0 Å². The highest BCUT2D eigenvalue weighted by Crippen LogP contribution is 2.50. The lowest BCUT2D eigenvalue weighted by molar-refractivity contribution is -0.185. The highest BCUT2D eigenvalue weighted by molar-refractivity contribution is 5.93. The van der Waals surface area contributed by atoms with Crippen LogP contribution < -0.4 is 0 Å². The third-order valence-electron chi connectivity index (χ3n) is 3.56. The minimum absolute atomic E-state index is 0.140. The fraction of sp³-hybridized carbons (Fsp3) is 0.750. The van der Waals surface area contributed by atoms with E-state index >= 15 is 0 Å². The molecule has 0 aromatic heterocycles. The monoisotopic (exact) mass is 210 g/mol. The molecule has 1 saturated heterocycles. The Morgan fingerprint density at radius 1 is 1.53 bits per heavy atom. The zero-order valence-corrected chi connectivity index (χ0v) is 9.79. The van der Waals surface area contributed by atoms with Crippen LogP contribution in [0.3, 0.4) is 0 Å². The summed E-state index contributed by atoms with van der Waals surface area (Å²) in [7, 11) is 1.41. The van der Waals surface area contributed by atoms with Gasteiger partial charge in [0.2, 0.25) is 0 Å². The van der Waals surface area contributed by atoms with Crippen molar-refractivity contribution in [2.24, 2.45) is 5.92 Å². The Bertz CT molecular complexity index is 330.